The van der Waals surface area contributed by atoms with Crippen molar-refractivity contribution in [3.8, 4) is 0 Å². The first kappa shape index (κ1) is 10.5. The summed E-state index contributed by atoms with van der Waals surface area (Å²) in [5, 5.41) is 3.45. The Morgan fingerprint density at radius 1 is 1.00 bits per heavy atom. The summed E-state index contributed by atoms with van der Waals surface area (Å²) in [4.78, 5) is 0. The van der Waals surface area contributed by atoms with Crippen LogP contribution in [0.1, 0.15) is 37.2 Å². The zero-order chi connectivity index (χ0) is 10.5. The zero-order valence-corrected chi connectivity index (χ0v) is 9.21. The van der Waals surface area contributed by atoms with Gasteiger partial charge < -0.3 is 11.1 Å². The lowest BCUT2D eigenvalue weighted by molar-refractivity contribution is 0.467. The quantitative estimate of drug-likeness (QED) is 0.690. The van der Waals surface area contributed by atoms with Crippen LogP contribution in [0.2, 0.25) is 0 Å². The highest BCUT2D eigenvalue weighted by atomic mass is 14.8. The molecule has 0 spiro atoms. The molecule has 0 aromatic heterocycles. The van der Waals surface area contributed by atoms with E-state index in [1.807, 2.05) is 12.1 Å². The van der Waals surface area contributed by atoms with E-state index in [2.05, 4.69) is 17.4 Å². The second-order valence-corrected chi connectivity index (χ2v) is 4.40. The van der Waals surface area contributed by atoms with Gasteiger partial charge in [-0.15, -0.1) is 0 Å². The van der Waals surface area contributed by atoms with Crippen LogP contribution in [0.5, 0.6) is 0 Å². The van der Waals surface area contributed by atoms with Gasteiger partial charge in [0.1, 0.15) is 0 Å². The molecule has 0 atom stereocenters. The number of hydrogen-bond donors (Lipinski definition) is 2. The largest absolute Gasteiger partial charge is 0.399 e. The molecule has 2 rings (SSSR count). The summed E-state index contributed by atoms with van der Waals surface area (Å²) in [6.45, 7) is 2.34. The zero-order valence-electron chi connectivity index (χ0n) is 9.21. The van der Waals surface area contributed by atoms with Crippen molar-refractivity contribution in [3.63, 3.8) is 0 Å². The van der Waals surface area contributed by atoms with Crippen molar-refractivity contribution >= 4 is 5.69 Å². The van der Waals surface area contributed by atoms with Crippen LogP contribution < -0.4 is 11.1 Å². The minimum atomic E-state index is 0.743. The topological polar surface area (TPSA) is 38.0 Å². The normalized spacial score (nSPS) is 19.5. The van der Waals surface area contributed by atoms with Gasteiger partial charge in [0, 0.05) is 5.69 Å². The fourth-order valence-electron chi connectivity index (χ4n) is 2.32. The van der Waals surface area contributed by atoms with Crippen LogP contribution in [-0.2, 0) is 0 Å². The van der Waals surface area contributed by atoms with Gasteiger partial charge >= 0.3 is 0 Å². The van der Waals surface area contributed by atoms with Crippen molar-refractivity contribution in [3.05, 3.63) is 29.8 Å². The summed E-state index contributed by atoms with van der Waals surface area (Å²) < 4.78 is 0. The molecular formula is C13H20N2. The van der Waals surface area contributed by atoms with Gasteiger partial charge in [-0.1, -0.05) is 12.1 Å². The molecule has 1 aromatic carbocycles. The van der Waals surface area contributed by atoms with Crippen molar-refractivity contribution in [1.82, 2.24) is 5.32 Å². The molecule has 0 radical (unpaired) electrons. The summed E-state index contributed by atoms with van der Waals surface area (Å²) in [6, 6.07) is 8.42. The third-order valence-electron chi connectivity index (χ3n) is 3.22. The fourth-order valence-corrected chi connectivity index (χ4v) is 2.32. The SMILES string of the molecule is Nc1ccc(C2CCCNCCC2)cc1. The molecule has 1 heterocycles. The maximum absolute atomic E-state index is 5.70. The molecule has 1 fully saturated rings. The van der Waals surface area contributed by atoms with Crippen molar-refractivity contribution in [1.29, 1.82) is 0 Å². The van der Waals surface area contributed by atoms with Crippen molar-refractivity contribution < 1.29 is 0 Å². The molecule has 1 aliphatic heterocycles. The van der Waals surface area contributed by atoms with E-state index in [1.165, 1.54) is 44.3 Å². The van der Waals surface area contributed by atoms with Crippen LogP contribution in [-0.4, -0.2) is 13.1 Å². The maximum atomic E-state index is 5.70. The first-order valence-electron chi connectivity index (χ1n) is 5.92. The second-order valence-electron chi connectivity index (χ2n) is 4.40. The van der Waals surface area contributed by atoms with Crippen molar-refractivity contribution in [2.24, 2.45) is 0 Å². The van der Waals surface area contributed by atoms with Gasteiger partial charge in [-0.2, -0.15) is 0 Å². The van der Waals surface area contributed by atoms with Gasteiger partial charge in [-0.25, -0.2) is 0 Å². The Hall–Kier alpha value is -1.02. The molecule has 0 unspecified atom stereocenters. The van der Waals surface area contributed by atoms with Crippen LogP contribution >= 0.6 is 0 Å². The fraction of sp³-hybridized carbons (Fsp3) is 0.538. The molecule has 0 saturated carbocycles. The average Bonchev–Trinajstić information content (AvgIpc) is 2.19. The first-order valence-corrected chi connectivity index (χ1v) is 5.92. The number of nitrogens with two attached hydrogens (primary N) is 1. The van der Waals surface area contributed by atoms with E-state index in [-0.39, 0.29) is 0 Å². The highest BCUT2D eigenvalue weighted by Crippen LogP contribution is 2.27. The Balaban J connectivity index is 2.03. The van der Waals surface area contributed by atoms with Gasteiger partial charge in [-0.05, 0) is 62.4 Å². The standard InChI is InChI=1S/C13H20N2/c14-13-7-5-12(6-8-13)11-3-1-9-15-10-2-4-11/h5-8,11,15H,1-4,9-10,14H2. The minimum Gasteiger partial charge on any atom is -0.399 e. The average molecular weight is 204 g/mol. The van der Waals surface area contributed by atoms with Crippen LogP contribution in [0, 0.1) is 0 Å². The molecule has 2 nitrogen and oxygen atoms in total. The van der Waals surface area contributed by atoms with Gasteiger partial charge in [0.2, 0.25) is 0 Å². The Kier molecular flexibility index (Phi) is 3.62. The van der Waals surface area contributed by atoms with E-state index in [1.54, 1.807) is 0 Å². The summed E-state index contributed by atoms with van der Waals surface area (Å²) in [6.07, 6.45) is 5.18. The number of nitrogen functional groups attached to an aromatic ring is 1. The Bertz CT molecular complexity index is 284. The number of benzene rings is 1. The van der Waals surface area contributed by atoms with Crippen LogP contribution in [0.25, 0.3) is 0 Å². The van der Waals surface area contributed by atoms with E-state index < -0.39 is 0 Å². The Morgan fingerprint density at radius 2 is 1.60 bits per heavy atom. The van der Waals surface area contributed by atoms with E-state index in [4.69, 9.17) is 5.73 Å². The predicted molar refractivity (Wildman–Crippen MR) is 64.9 cm³/mol. The van der Waals surface area contributed by atoms with Gasteiger partial charge in [0.25, 0.3) is 0 Å². The Labute approximate surface area is 91.9 Å². The molecule has 15 heavy (non-hydrogen) atoms. The predicted octanol–water partition coefficient (Wildman–Crippen LogP) is 2.52. The van der Waals surface area contributed by atoms with Gasteiger partial charge in [0.05, 0.1) is 0 Å². The number of rotatable bonds is 1. The van der Waals surface area contributed by atoms with Gasteiger partial charge in [-0.3, -0.25) is 0 Å². The van der Waals surface area contributed by atoms with Crippen LogP contribution in [0.4, 0.5) is 5.69 Å². The molecule has 0 bridgehead atoms. The number of hydrogen-bond acceptors (Lipinski definition) is 2. The highest BCUT2D eigenvalue weighted by Gasteiger charge is 2.12. The molecule has 0 amide bonds. The summed E-state index contributed by atoms with van der Waals surface area (Å²) in [5.41, 5.74) is 8.03. The first-order chi connectivity index (χ1) is 7.36. The highest BCUT2D eigenvalue weighted by molar-refractivity contribution is 5.40. The molecule has 1 aromatic rings. The van der Waals surface area contributed by atoms with E-state index in [0.717, 1.165) is 11.6 Å². The Morgan fingerprint density at radius 3 is 2.20 bits per heavy atom. The summed E-state index contributed by atoms with van der Waals surface area (Å²) in [5.74, 6) is 0.743. The lowest BCUT2D eigenvalue weighted by atomic mass is 9.89. The van der Waals surface area contributed by atoms with Gasteiger partial charge in [0.15, 0.2) is 0 Å². The summed E-state index contributed by atoms with van der Waals surface area (Å²) in [7, 11) is 0. The third kappa shape index (κ3) is 2.96. The monoisotopic (exact) mass is 204 g/mol. The lowest BCUT2D eigenvalue weighted by Crippen LogP contribution is -2.20. The minimum absolute atomic E-state index is 0.743. The molecular weight excluding hydrogens is 184 g/mol. The molecule has 1 saturated heterocycles. The molecule has 82 valence electrons. The number of nitrogens with one attached hydrogen (secondary N) is 1. The van der Waals surface area contributed by atoms with Crippen LogP contribution in [0.3, 0.4) is 0 Å². The van der Waals surface area contributed by atoms with E-state index in [0.29, 0.717) is 0 Å². The third-order valence-corrected chi connectivity index (χ3v) is 3.22. The molecule has 0 aliphatic carbocycles. The summed E-state index contributed by atoms with van der Waals surface area (Å²) >= 11 is 0. The lowest BCUT2D eigenvalue weighted by Gasteiger charge is -2.20. The van der Waals surface area contributed by atoms with Crippen molar-refractivity contribution in [2.75, 3.05) is 18.8 Å². The molecule has 1 aliphatic rings. The van der Waals surface area contributed by atoms with E-state index in [9.17, 15) is 0 Å². The van der Waals surface area contributed by atoms with Crippen LogP contribution in [0.15, 0.2) is 24.3 Å². The smallest absolute Gasteiger partial charge is 0.0314 e. The maximum Gasteiger partial charge on any atom is 0.0314 e. The van der Waals surface area contributed by atoms with E-state index >= 15 is 0 Å². The molecule has 3 N–H and O–H groups in total. The molecule has 2 heteroatoms. The number of anilines is 1. The second kappa shape index (κ2) is 5.17. The van der Waals surface area contributed by atoms with Crippen molar-refractivity contribution in [2.45, 2.75) is 31.6 Å².